The second-order valence-corrected chi connectivity index (χ2v) is 6.15. The lowest BCUT2D eigenvalue weighted by Crippen LogP contribution is -2.25. The Labute approximate surface area is 154 Å². The summed E-state index contributed by atoms with van der Waals surface area (Å²) in [7, 11) is 0. The van der Waals surface area contributed by atoms with E-state index >= 15 is 0 Å². The highest BCUT2D eigenvalue weighted by Crippen LogP contribution is 2.28. The van der Waals surface area contributed by atoms with Crippen LogP contribution < -0.4 is 5.32 Å². The van der Waals surface area contributed by atoms with Crippen LogP contribution >= 0.6 is 23.2 Å². The number of nitrogens with one attached hydrogen (secondary N) is 1. The van der Waals surface area contributed by atoms with Crippen LogP contribution in [0.2, 0.25) is 10.0 Å². The van der Waals surface area contributed by atoms with Crippen molar-refractivity contribution in [3.63, 3.8) is 0 Å². The van der Waals surface area contributed by atoms with Crippen molar-refractivity contribution in [3.8, 4) is 17.2 Å². The van der Waals surface area contributed by atoms with Gasteiger partial charge in [-0.1, -0.05) is 35.3 Å². The van der Waals surface area contributed by atoms with Crippen LogP contribution in [0, 0.1) is 0 Å². The number of carbonyl (C=O) groups excluding carboxylic acids is 1. The molecule has 0 aliphatic rings. The summed E-state index contributed by atoms with van der Waals surface area (Å²) in [5.74, 6) is 0.182. The van der Waals surface area contributed by atoms with Gasteiger partial charge in [0.15, 0.2) is 5.69 Å². The molecule has 1 heterocycles. The fourth-order valence-electron chi connectivity index (χ4n) is 2.21. The molecule has 25 heavy (non-hydrogen) atoms. The van der Waals surface area contributed by atoms with E-state index in [1.54, 1.807) is 42.5 Å². The van der Waals surface area contributed by atoms with E-state index in [2.05, 4.69) is 10.3 Å². The lowest BCUT2D eigenvalue weighted by molar-refractivity contribution is 0.0949. The van der Waals surface area contributed by atoms with Gasteiger partial charge in [0, 0.05) is 12.1 Å². The summed E-state index contributed by atoms with van der Waals surface area (Å²) in [6, 6.07) is 11.8. The molecular weight excluding hydrogens is 363 g/mol. The van der Waals surface area contributed by atoms with Crippen LogP contribution in [0.5, 0.6) is 5.75 Å². The van der Waals surface area contributed by atoms with Crippen molar-refractivity contribution >= 4 is 29.1 Å². The molecule has 0 aliphatic heterocycles. The quantitative estimate of drug-likeness (QED) is 0.694. The summed E-state index contributed by atoms with van der Waals surface area (Å²) in [4.78, 5) is 16.3. The Kier molecular flexibility index (Phi) is 5.26. The van der Waals surface area contributed by atoms with E-state index in [0.29, 0.717) is 34.5 Å². The van der Waals surface area contributed by atoms with Crippen molar-refractivity contribution < 1.29 is 14.3 Å². The highest BCUT2D eigenvalue weighted by atomic mass is 35.5. The van der Waals surface area contributed by atoms with E-state index in [1.165, 1.54) is 6.26 Å². The number of aromatic hydroxyl groups is 1. The third-order valence-electron chi connectivity index (χ3n) is 3.54. The van der Waals surface area contributed by atoms with Gasteiger partial charge in [-0.25, -0.2) is 4.98 Å². The van der Waals surface area contributed by atoms with E-state index in [0.717, 1.165) is 5.56 Å². The Bertz CT molecular complexity index is 892. The maximum atomic E-state index is 12.1. The van der Waals surface area contributed by atoms with Crippen LogP contribution in [-0.2, 0) is 6.42 Å². The van der Waals surface area contributed by atoms with Crippen molar-refractivity contribution in [1.82, 2.24) is 10.3 Å². The Morgan fingerprint density at radius 1 is 1.12 bits per heavy atom. The molecule has 0 fully saturated rings. The van der Waals surface area contributed by atoms with Gasteiger partial charge in [0.05, 0.1) is 10.0 Å². The summed E-state index contributed by atoms with van der Waals surface area (Å²) in [6.07, 6.45) is 1.94. The minimum Gasteiger partial charge on any atom is -0.508 e. The van der Waals surface area contributed by atoms with Gasteiger partial charge in [-0.3, -0.25) is 4.79 Å². The number of rotatable bonds is 5. The predicted molar refractivity (Wildman–Crippen MR) is 96.1 cm³/mol. The highest BCUT2D eigenvalue weighted by Gasteiger charge is 2.14. The molecule has 0 atom stereocenters. The molecule has 0 radical (unpaired) electrons. The molecule has 0 spiro atoms. The number of phenols is 1. The summed E-state index contributed by atoms with van der Waals surface area (Å²) < 4.78 is 5.34. The van der Waals surface area contributed by atoms with Crippen molar-refractivity contribution in [2.45, 2.75) is 6.42 Å². The average Bonchev–Trinajstić information content (AvgIpc) is 3.09. The first-order valence-corrected chi connectivity index (χ1v) is 8.25. The summed E-state index contributed by atoms with van der Waals surface area (Å²) in [6.45, 7) is 0.443. The van der Waals surface area contributed by atoms with E-state index in [4.69, 9.17) is 27.6 Å². The Morgan fingerprint density at radius 3 is 2.60 bits per heavy atom. The molecule has 5 nitrogen and oxygen atoms in total. The first kappa shape index (κ1) is 17.3. The fourth-order valence-corrected chi connectivity index (χ4v) is 2.51. The molecular formula is C18H14Cl2N2O3. The van der Waals surface area contributed by atoms with Gasteiger partial charge >= 0.3 is 0 Å². The number of phenolic OH excluding ortho intramolecular Hbond substituents is 1. The number of amides is 1. The molecule has 1 amide bonds. The number of oxazole rings is 1. The third kappa shape index (κ3) is 4.32. The van der Waals surface area contributed by atoms with Crippen LogP contribution in [-0.4, -0.2) is 22.5 Å². The van der Waals surface area contributed by atoms with Crippen LogP contribution in [0.25, 0.3) is 11.5 Å². The van der Waals surface area contributed by atoms with Crippen molar-refractivity contribution in [3.05, 3.63) is 70.0 Å². The Morgan fingerprint density at radius 2 is 1.88 bits per heavy atom. The van der Waals surface area contributed by atoms with Gasteiger partial charge in [0.2, 0.25) is 5.89 Å². The van der Waals surface area contributed by atoms with E-state index in [9.17, 15) is 9.90 Å². The van der Waals surface area contributed by atoms with E-state index in [-0.39, 0.29) is 17.4 Å². The van der Waals surface area contributed by atoms with Gasteiger partial charge in [-0.2, -0.15) is 0 Å². The minimum absolute atomic E-state index is 0.187. The number of nitrogens with zero attached hydrogens (tertiary/aromatic N) is 1. The summed E-state index contributed by atoms with van der Waals surface area (Å²) in [5, 5.41) is 12.8. The van der Waals surface area contributed by atoms with Gasteiger partial charge in [0.25, 0.3) is 5.91 Å². The summed E-state index contributed by atoms with van der Waals surface area (Å²) in [5.41, 5.74) is 1.83. The number of hydrogen-bond donors (Lipinski definition) is 2. The standard InChI is InChI=1S/C18H14Cl2N2O3/c19-14-6-3-12(9-15(14)20)18-22-16(10-25-18)17(24)21-8-7-11-1-4-13(23)5-2-11/h1-6,9-10,23H,7-8H2,(H,21,24). The molecule has 0 aliphatic carbocycles. The van der Waals surface area contributed by atoms with Crippen LogP contribution in [0.15, 0.2) is 53.1 Å². The van der Waals surface area contributed by atoms with Crippen LogP contribution in [0.3, 0.4) is 0 Å². The molecule has 0 bridgehead atoms. The molecule has 0 saturated carbocycles. The van der Waals surface area contributed by atoms with E-state index < -0.39 is 0 Å². The number of benzene rings is 2. The fraction of sp³-hybridized carbons (Fsp3) is 0.111. The third-order valence-corrected chi connectivity index (χ3v) is 4.28. The lowest BCUT2D eigenvalue weighted by atomic mass is 10.1. The molecule has 128 valence electrons. The number of aromatic nitrogens is 1. The monoisotopic (exact) mass is 376 g/mol. The van der Waals surface area contributed by atoms with E-state index in [1.807, 2.05) is 0 Å². The zero-order valence-corrected chi connectivity index (χ0v) is 14.5. The number of hydrogen-bond acceptors (Lipinski definition) is 4. The van der Waals surface area contributed by atoms with Gasteiger partial charge < -0.3 is 14.8 Å². The minimum atomic E-state index is -0.325. The molecule has 0 saturated heterocycles. The maximum absolute atomic E-state index is 12.1. The predicted octanol–water partition coefficient (Wildman–Crippen LogP) is 4.33. The number of carbonyl (C=O) groups is 1. The largest absolute Gasteiger partial charge is 0.508 e. The van der Waals surface area contributed by atoms with Crippen molar-refractivity contribution in [2.24, 2.45) is 0 Å². The molecule has 7 heteroatoms. The second-order valence-electron chi connectivity index (χ2n) is 5.34. The first-order valence-electron chi connectivity index (χ1n) is 7.50. The molecule has 2 aromatic carbocycles. The average molecular weight is 377 g/mol. The summed E-state index contributed by atoms with van der Waals surface area (Å²) >= 11 is 11.9. The Hall–Kier alpha value is -2.50. The molecule has 0 unspecified atom stereocenters. The molecule has 2 N–H and O–H groups in total. The highest BCUT2D eigenvalue weighted by molar-refractivity contribution is 6.42. The van der Waals surface area contributed by atoms with Gasteiger partial charge in [0.1, 0.15) is 12.0 Å². The SMILES string of the molecule is O=C(NCCc1ccc(O)cc1)c1coc(-c2ccc(Cl)c(Cl)c2)n1. The maximum Gasteiger partial charge on any atom is 0.273 e. The lowest BCUT2D eigenvalue weighted by Gasteiger charge is -2.03. The smallest absolute Gasteiger partial charge is 0.273 e. The van der Waals surface area contributed by atoms with Gasteiger partial charge in [-0.05, 0) is 42.3 Å². The topological polar surface area (TPSA) is 75.4 Å². The molecule has 3 aromatic rings. The molecule has 3 rings (SSSR count). The zero-order chi connectivity index (χ0) is 17.8. The van der Waals surface area contributed by atoms with Crippen LogP contribution in [0.4, 0.5) is 0 Å². The zero-order valence-electron chi connectivity index (χ0n) is 13.0. The number of halogens is 2. The first-order chi connectivity index (χ1) is 12.0. The molecule has 1 aromatic heterocycles. The van der Waals surface area contributed by atoms with Gasteiger partial charge in [-0.15, -0.1) is 0 Å². The normalized spacial score (nSPS) is 10.6. The second kappa shape index (κ2) is 7.59. The Balaban J connectivity index is 1.60. The van der Waals surface area contributed by atoms with Crippen LogP contribution in [0.1, 0.15) is 16.1 Å². The van der Waals surface area contributed by atoms with Crippen molar-refractivity contribution in [1.29, 1.82) is 0 Å². The van der Waals surface area contributed by atoms with Crippen molar-refractivity contribution in [2.75, 3.05) is 6.54 Å².